The topological polar surface area (TPSA) is 100 Å². The molecule has 0 bridgehead atoms. The first-order chi connectivity index (χ1) is 24.2. The second-order valence-corrected chi connectivity index (χ2v) is 16.3. The number of halogens is 1. The van der Waals surface area contributed by atoms with Crippen LogP contribution in [0.5, 0.6) is 5.75 Å². The van der Waals surface area contributed by atoms with Crippen molar-refractivity contribution in [2.24, 2.45) is 10.4 Å². The number of anilines is 3. The van der Waals surface area contributed by atoms with Crippen LogP contribution in [-0.2, 0) is 25.2 Å². The van der Waals surface area contributed by atoms with Crippen LogP contribution in [0.1, 0.15) is 112 Å². The van der Waals surface area contributed by atoms with Crippen molar-refractivity contribution in [3.05, 3.63) is 76.3 Å². The second-order valence-electron chi connectivity index (χ2n) is 15.9. The van der Waals surface area contributed by atoms with Crippen LogP contribution in [0, 0.1) is 12.3 Å². The molecule has 1 unspecified atom stereocenters. The lowest BCUT2D eigenvalue weighted by Crippen LogP contribution is -2.37. The van der Waals surface area contributed by atoms with Gasteiger partial charge >= 0.3 is 0 Å². The Kier molecular flexibility index (Phi) is 13.9. The van der Waals surface area contributed by atoms with E-state index >= 15 is 0 Å². The summed E-state index contributed by atoms with van der Waals surface area (Å²) in [6.45, 7) is 25.1. The van der Waals surface area contributed by atoms with Gasteiger partial charge in [0, 0.05) is 35.9 Å². The number of ether oxygens (including phenoxy) is 1. The van der Waals surface area contributed by atoms with Gasteiger partial charge in [-0.05, 0) is 97.5 Å². The van der Waals surface area contributed by atoms with Gasteiger partial charge in [0.05, 0.1) is 16.4 Å². The maximum atomic E-state index is 13.8. The summed E-state index contributed by atoms with van der Waals surface area (Å²) >= 11 is 6.54. The van der Waals surface area contributed by atoms with Gasteiger partial charge in [-0.25, -0.2) is 4.99 Å². The summed E-state index contributed by atoms with van der Waals surface area (Å²) in [6, 6.07) is 16.8. The zero-order valence-electron chi connectivity index (χ0n) is 33.5. The summed E-state index contributed by atoms with van der Waals surface area (Å²) in [5.74, 6) is -0.765. The minimum absolute atomic E-state index is 0.00307. The molecule has 52 heavy (non-hydrogen) atoms. The maximum Gasteiger partial charge on any atom is 0.278 e. The zero-order valence-corrected chi connectivity index (χ0v) is 34.3. The lowest BCUT2D eigenvalue weighted by molar-refractivity contribution is -0.123. The van der Waals surface area contributed by atoms with Crippen LogP contribution in [0.4, 0.5) is 22.7 Å². The van der Waals surface area contributed by atoms with Crippen molar-refractivity contribution < 1.29 is 19.1 Å². The number of carbonyl (C=O) groups excluding carboxylic acids is 3. The van der Waals surface area contributed by atoms with E-state index in [0.717, 1.165) is 36.2 Å². The molecule has 0 saturated heterocycles. The van der Waals surface area contributed by atoms with E-state index < -0.39 is 23.2 Å². The fraction of sp³-hybridized carbons (Fsp3) is 0.488. The molecule has 3 aromatic carbocycles. The molecule has 0 fully saturated rings. The highest BCUT2D eigenvalue weighted by atomic mass is 35.5. The van der Waals surface area contributed by atoms with Crippen molar-refractivity contribution in [2.45, 2.75) is 119 Å². The van der Waals surface area contributed by atoms with Gasteiger partial charge < -0.3 is 20.3 Å². The van der Waals surface area contributed by atoms with E-state index in [1.54, 1.807) is 39.0 Å². The fourth-order valence-electron chi connectivity index (χ4n) is 5.42. The number of aryl methyl sites for hydroxylation is 1. The summed E-state index contributed by atoms with van der Waals surface area (Å²) in [4.78, 5) is 47.7. The Morgan fingerprint density at radius 3 is 2.06 bits per heavy atom. The minimum Gasteiger partial charge on any atom is -0.480 e. The van der Waals surface area contributed by atoms with E-state index in [4.69, 9.17) is 16.3 Å². The molecular formula is C43H59ClN4O4. The number of hydrogen-bond donors (Lipinski definition) is 2. The van der Waals surface area contributed by atoms with Crippen LogP contribution in [0.3, 0.4) is 0 Å². The normalized spacial score (nSPS) is 13.0. The first-order valence-electron chi connectivity index (χ1n) is 18.4. The molecule has 0 heterocycles. The molecule has 282 valence electrons. The van der Waals surface area contributed by atoms with Crippen LogP contribution in [0.25, 0.3) is 0 Å². The second kappa shape index (κ2) is 17.1. The van der Waals surface area contributed by atoms with Crippen LogP contribution >= 0.6 is 11.6 Å². The number of nitrogens with zero attached hydrogens (tertiary/aromatic N) is 2. The Hall–Kier alpha value is -4.17. The van der Waals surface area contributed by atoms with Crippen molar-refractivity contribution in [3.63, 3.8) is 0 Å². The highest BCUT2D eigenvalue weighted by Crippen LogP contribution is 2.39. The molecule has 0 spiro atoms. The third kappa shape index (κ3) is 10.2. The molecule has 0 aliphatic carbocycles. The molecule has 2 amide bonds. The van der Waals surface area contributed by atoms with Crippen molar-refractivity contribution in [2.75, 3.05) is 29.1 Å². The molecule has 1 atom stereocenters. The van der Waals surface area contributed by atoms with Crippen molar-refractivity contribution in [1.82, 2.24) is 0 Å². The average Bonchev–Trinajstić information content (AvgIpc) is 3.10. The van der Waals surface area contributed by atoms with Crippen LogP contribution in [-0.4, -0.2) is 43.0 Å². The van der Waals surface area contributed by atoms with Crippen molar-refractivity contribution >= 4 is 57.7 Å². The zero-order chi connectivity index (χ0) is 39.2. The van der Waals surface area contributed by atoms with Gasteiger partial charge in [-0.1, -0.05) is 93.0 Å². The van der Waals surface area contributed by atoms with Crippen LogP contribution in [0.2, 0.25) is 5.02 Å². The average molecular weight is 731 g/mol. The van der Waals surface area contributed by atoms with E-state index in [-0.39, 0.29) is 33.2 Å². The number of carbonyl (C=O) groups is 3. The number of Topliss-reactive ketones (excluding diaryl/α,β-unsaturated/α-hetero) is 1. The molecule has 9 heteroatoms. The summed E-state index contributed by atoms with van der Waals surface area (Å²) in [6.07, 6.45) is 1.55. The fourth-order valence-corrected chi connectivity index (χ4v) is 5.59. The monoisotopic (exact) mass is 730 g/mol. The number of hydrogen-bond acceptors (Lipinski definition) is 6. The Balaban J connectivity index is 1.91. The molecule has 0 radical (unpaired) electrons. The summed E-state index contributed by atoms with van der Waals surface area (Å²) < 4.78 is 6.46. The van der Waals surface area contributed by atoms with Gasteiger partial charge in [0.2, 0.25) is 0 Å². The molecule has 0 saturated carbocycles. The van der Waals surface area contributed by atoms with Gasteiger partial charge in [0.25, 0.3) is 11.8 Å². The molecule has 0 aromatic heterocycles. The predicted molar refractivity (Wildman–Crippen MR) is 218 cm³/mol. The van der Waals surface area contributed by atoms with E-state index in [1.807, 2.05) is 45.2 Å². The highest BCUT2D eigenvalue weighted by molar-refractivity contribution is 6.68. The van der Waals surface area contributed by atoms with Crippen LogP contribution < -0.4 is 20.3 Å². The number of nitrogens with one attached hydrogen (secondary N) is 2. The first kappa shape index (κ1) is 42.2. The van der Waals surface area contributed by atoms with E-state index in [2.05, 4.69) is 81.1 Å². The molecular weight excluding hydrogens is 672 g/mol. The number of amides is 2. The lowest BCUT2D eigenvalue weighted by Gasteiger charge is -2.31. The summed E-state index contributed by atoms with van der Waals surface area (Å²) in [7, 11) is 1.99. The molecule has 0 aliphatic rings. The van der Waals surface area contributed by atoms with Crippen LogP contribution in [0.15, 0.2) is 59.6 Å². The van der Waals surface area contributed by atoms with Gasteiger partial charge in [-0.2, -0.15) is 0 Å². The molecule has 0 aliphatic heterocycles. The minimum atomic E-state index is -0.875. The van der Waals surface area contributed by atoms with Gasteiger partial charge in [-0.3, -0.25) is 14.4 Å². The maximum absolute atomic E-state index is 13.8. The Bertz CT molecular complexity index is 1800. The lowest BCUT2D eigenvalue weighted by atomic mass is 9.76. The SMILES string of the molecule is CCC(Oc1ccc(C(C)(C)CC)cc1C(C)(C)CC)C(=O)Nc1ccc(Cl)c(NC(=O)C(=Nc2ccc(N(C)CC)cc2C)C(=O)C(C)(C)C)c1. The third-order valence-corrected chi connectivity index (χ3v) is 10.4. The third-order valence-electron chi connectivity index (χ3n) is 10.1. The molecule has 2 N–H and O–H groups in total. The summed E-state index contributed by atoms with van der Waals surface area (Å²) in [5.41, 5.74) is 4.01. The Morgan fingerprint density at radius 2 is 1.50 bits per heavy atom. The Labute approximate surface area is 316 Å². The predicted octanol–water partition coefficient (Wildman–Crippen LogP) is 10.6. The van der Waals surface area contributed by atoms with Gasteiger partial charge in [0.15, 0.2) is 17.6 Å². The van der Waals surface area contributed by atoms with Crippen molar-refractivity contribution in [1.29, 1.82) is 0 Å². The Morgan fingerprint density at radius 1 is 0.846 bits per heavy atom. The summed E-state index contributed by atoms with van der Waals surface area (Å²) in [5, 5.41) is 5.95. The van der Waals surface area contributed by atoms with E-state index in [0.29, 0.717) is 23.5 Å². The quantitative estimate of drug-likeness (QED) is 0.120. The van der Waals surface area contributed by atoms with E-state index in [1.165, 1.54) is 5.56 Å². The largest absolute Gasteiger partial charge is 0.480 e. The number of rotatable bonds is 15. The number of ketones is 1. The van der Waals surface area contributed by atoms with Crippen molar-refractivity contribution in [3.8, 4) is 5.75 Å². The van der Waals surface area contributed by atoms with Gasteiger partial charge in [-0.15, -0.1) is 0 Å². The molecule has 3 rings (SSSR count). The highest BCUT2D eigenvalue weighted by Gasteiger charge is 2.32. The number of aliphatic imine (C=N–C) groups is 1. The smallest absolute Gasteiger partial charge is 0.278 e. The molecule has 8 nitrogen and oxygen atoms in total. The first-order valence-corrected chi connectivity index (χ1v) is 18.7. The standard InChI is InChI=1S/C43H59ClN4O4/c1-14-35(52-36-23-18-28(42(9,10)15-2)25-31(36)43(11,12)16-3)39(50)45-29-19-21-32(44)34(26-29)47-40(51)37(38(49)41(6,7)8)46-33-22-20-30(24-27(33)5)48(13)17-4/h18-26,35H,14-17H2,1-13H3,(H,45,50)(H,47,51). The van der Waals surface area contributed by atoms with E-state index in [9.17, 15) is 14.4 Å². The number of benzene rings is 3. The molecule has 3 aromatic rings. The van der Waals surface area contributed by atoms with Gasteiger partial charge in [0.1, 0.15) is 5.75 Å².